The summed E-state index contributed by atoms with van der Waals surface area (Å²) in [4.78, 5) is 22.5. The molecule has 3 atom stereocenters. The Morgan fingerprint density at radius 2 is 1.96 bits per heavy atom. The van der Waals surface area contributed by atoms with Crippen LogP contribution >= 0.6 is 0 Å². The highest BCUT2D eigenvalue weighted by molar-refractivity contribution is 6.39. The maximum Gasteiger partial charge on any atom is 0.376 e. The molecule has 0 bridgehead atoms. The first-order chi connectivity index (χ1) is 11.1. The van der Waals surface area contributed by atoms with Crippen molar-refractivity contribution in [1.29, 1.82) is 0 Å². The summed E-state index contributed by atoms with van der Waals surface area (Å²) in [7, 11) is 0. The van der Waals surface area contributed by atoms with Gasteiger partial charge in [-0.2, -0.15) is 0 Å². The number of aliphatic hydroxyl groups is 1. The summed E-state index contributed by atoms with van der Waals surface area (Å²) in [5.74, 6) is -1.68. The molecule has 0 aromatic carbocycles. The van der Waals surface area contributed by atoms with Crippen LogP contribution in [-0.4, -0.2) is 28.6 Å². The van der Waals surface area contributed by atoms with E-state index >= 15 is 0 Å². The van der Waals surface area contributed by atoms with Gasteiger partial charge in [0.25, 0.3) is 5.78 Å². The maximum atomic E-state index is 11.6. The molecule has 0 amide bonds. The van der Waals surface area contributed by atoms with E-state index in [0.717, 1.165) is 19.3 Å². The molecule has 4 heteroatoms. The molecule has 4 nitrogen and oxygen atoms in total. The van der Waals surface area contributed by atoms with Gasteiger partial charge in [0.1, 0.15) is 0 Å². The van der Waals surface area contributed by atoms with Gasteiger partial charge >= 0.3 is 5.97 Å². The number of fused-ring (bicyclic) bond motifs is 1. The third-order valence-corrected chi connectivity index (χ3v) is 6.58. The van der Waals surface area contributed by atoms with Gasteiger partial charge in [0, 0.05) is 5.57 Å². The number of Topliss-reactive ketones (excluding diaryl/α,β-unsaturated/α-hetero) is 1. The van der Waals surface area contributed by atoms with E-state index in [4.69, 9.17) is 5.11 Å². The molecule has 2 N–H and O–H groups in total. The molecule has 0 aromatic heterocycles. The summed E-state index contributed by atoms with van der Waals surface area (Å²) < 4.78 is 0. The summed E-state index contributed by atoms with van der Waals surface area (Å²) >= 11 is 0. The van der Waals surface area contributed by atoms with E-state index in [9.17, 15) is 14.7 Å². The standard InChI is InChI=1S/C20H30O4/c1-13-6-9-16-19(2,3)10-5-11-20(16,4)15(13)8-7-14(12-21)17(22)18(23)24/h7,15-16,21H,1,5-6,8-12H2,2-4H3,(H,23,24)/b14-7+/t15-,16-,20+/m0/s1. The van der Waals surface area contributed by atoms with Crippen molar-refractivity contribution in [2.75, 3.05) is 6.61 Å². The van der Waals surface area contributed by atoms with Crippen LogP contribution < -0.4 is 0 Å². The number of hydrogen-bond acceptors (Lipinski definition) is 3. The summed E-state index contributed by atoms with van der Waals surface area (Å²) in [6.45, 7) is 10.8. The quantitative estimate of drug-likeness (QED) is 0.456. The van der Waals surface area contributed by atoms with Crippen LogP contribution in [0.25, 0.3) is 0 Å². The predicted molar refractivity (Wildman–Crippen MR) is 93.5 cm³/mol. The lowest BCUT2D eigenvalue weighted by Gasteiger charge is -2.58. The number of aliphatic hydroxyl groups excluding tert-OH is 1. The Morgan fingerprint density at radius 3 is 2.54 bits per heavy atom. The van der Waals surface area contributed by atoms with Crippen LogP contribution in [0.1, 0.15) is 59.3 Å². The molecule has 2 saturated carbocycles. The predicted octanol–water partition coefficient (Wildman–Crippen LogP) is 3.75. The van der Waals surface area contributed by atoms with Crippen molar-refractivity contribution >= 4 is 11.8 Å². The molecular formula is C20H30O4. The average Bonchev–Trinajstić information content (AvgIpc) is 2.48. The topological polar surface area (TPSA) is 74.6 Å². The second-order valence-electron chi connectivity index (χ2n) is 8.41. The smallest absolute Gasteiger partial charge is 0.376 e. The van der Waals surface area contributed by atoms with E-state index < -0.39 is 18.4 Å². The minimum atomic E-state index is -1.51. The summed E-state index contributed by atoms with van der Waals surface area (Å²) in [6.07, 6.45) is 7.92. The third-order valence-electron chi connectivity index (χ3n) is 6.58. The molecule has 2 rings (SSSR count). The molecule has 0 heterocycles. The van der Waals surface area contributed by atoms with Crippen molar-refractivity contribution in [3.8, 4) is 0 Å². The first-order valence-electron chi connectivity index (χ1n) is 8.88. The molecular weight excluding hydrogens is 304 g/mol. The van der Waals surface area contributed by atoms with Crippen molar-refractivity contribution in [2.45, 2.75) is 59.3 Å². The first kappa shape index (κ1) is 18.9. The van der Waals surface area contributed by atoms with Gasteiger partial charge in [-0.05, 0) is 54.8 Å². The van der Waals surface area contributed by atoms with Gasteiger partial charge in [0.2, 0.25) is 0 Å². The number of allylic oxidation sites excluding steroid dienone is 2. The zero-order valence-electron chi connectivity index (χ0n) is 15.1. The largest absolute Gasteiger partial charge is 0.475 e. The van der Waals surface area contributed by atoms with E-state index in [2.05, 4.69) is 27.4 Å². The van der Waals surface area contributed by atoms with Crippen LogP contribution in [0, 0.1) is 22.7 Å². The Morgan fingerprint density at radius 1 is 1.29 bits per heavy atom. The van der Waals surface area contributed by atoms with E-state index in [1.54, 1.807) is 6.08 Å². The van der Waals surface area contributed by atoms with E-state index in [-0.39, 0.29) is 16.9 Å². The van der Waals surface area contributed by atoms with Crippen LogP contribution in [0.15, 0.2) is 23.8 Å². The van der Waals surface area contributed by atoms with Crippen LogP contribution in [-0.2, 0) is 9.59 Å². The number of rotatable bonds is 5. The summed E-state index contributed by atoms with van der Waals surface area (Å²) in [6, 6.07) is 0. The Labute approximate surface area is 144 Å². The lowest BCUT2D eigenvalue weighted by molar-refractivity contribution is -0.147. The second-order valence-corrected chi connectivity index (χ2v) is 8.41. The Kier molecular flexibility index (Phi) is 5.38. The molecule has 2 aliphatic rings. The van der Waals surface area contributed by atoms with Crippen molar-refractivity contribution < 1.29 is 19.8 Å². The Hall–Kier alpha value is -1.42. The van der Waals surface area contributed by atoms with Gasteiger partial charge < -0.3 is 10.2 Å². The van der Waals surface area contributed by atoms with E-state index in [1.165, 1.54) is 18.4 Å². The average molecular weight is 334 g/mol. The number of carbonyl (C=O) groups excluding carboxylic acids is 1. The normalized spacial score (nSPS) is 33.0. The minimum Gasteiger partial charge on any atom is -0.475 e. The third kappa shape index (κ3) is 3.34. The number of aliphatic carboxylic acids is 1. The van der Waals surface area contributed by atoms with Crippen molar-refractivity contribution in [2.24, 2.45) is 22.7 Å². The van der Waals surface area contributed by atoms with Gasteiger partial charge in [-0.25, -0.2) is 4.79 Å². The lowest BCUT2D eigenvalue weighted by atomic mass is 9.47. The van der Waals surface area contributed by atoms with Crippen LogP contribution in [0.5, 0.6) is 0 Å². The van der Waals surface area contributed by atoms with Gasteiger partial charge in [0.05, 0.1) is 6.61 Å². The molecule has 2 fully saturated rings. The molecule has 0 aliphatic heterocycles. The minimum absolute atomic E-state index is 0.0175. The fraction of sp³-hybridized carbons (Fsp3) is 0.700. The van der Waals surface area contributed by atoms with Crippen molar-refractivity contribution in [3.63, 3.8) is 0 Å². The van der Waals surface area contributed by atoms with Gasteiger partial charge in [0.15, 0.2) is 0 Å². The number of carbonyl (C=O) groups is 2. The molecule has 24 heavy (non-hydrogen) atoms. The number of hydrogen-bond donors (Lipinski definition) is 2. The SMILES string of the molecule is C=C1CC[C@H]2C(C)(C)CCC[C@]2(C)[C@H]1C/C=C(\CO)C(=O)C(=O)O. The molecule has 0 unspecified atom stereocenters. The van der Waals surface area contributed by atoms with E-state index in [1.807, 2.05) is 0 Å². The number of carboxylic acids is 1. The lowest BCUT2D eigenvalue weighted by Crippen LogP contribution is -2.49. The highest BCUT2D eigenvalue weighted by Crippen LogP contribution is 2.61. The van der Waals surface area contributed by atoms with Crippen LogP contribution in [0.4, 0.5) is 0 Å². The monoisotopic (exact) mass is 334 g/mol. The molecule has 2 aliphatic carbocycles. The summed E-state index contributed by atoms with van der Waals surface area (Å²) in [5, 5.41) is 18.2. The zero-order chi connectivity index (χ0) is 18.1. The van der Waals surface area contributed by atoms with Gasteiger partial charge in [-0.3, -0.25) is 4.79 Å². The van der Waals surface area contributed by atoms with Crippen LogP contribution in [0.2, 0.25) is 0 Å². The Balaban J connectivity index is 2.28. The van der Waals surface area contributed by atoms with Gasteiger partial charge in [-0.15, -0.1) is 0 Å². The molecule has 134 valence electrons. The first-order valence-corrected chi connectivity index (χ1v) is 8.88. The van der Waals surface area contributed by atoms with Crippen molar-refractivity contribution in [1.82, 2.24) is 0 Å². The molecule has 0 aromatic rings. The van der Waals surface area contributed by atoms with Crippen LogP contribution in [0.3, 0.4) is 0 Å². The molecule has 0 saturated heterocycles. The fourth-order valence-electron chi connectivity index (χ4n) is 5.34. The highest BCUT2D eigenvalue weighted by atomic mass is 16.4. The second kappa shape index (κ2) is 6.83. The van der Waals surface area contributed by atoms with E-state index in [0.29, 0.717) is 17.8 Å². The molecule has 0 radical (unpaired) electrons. The number of ketones is 1. The highest BCUT2D eigenvalue weighted by Gasteiger charge is 2.52. The fourth-order valence-corrected chi connectivity index (χ4v) is 5.34. The summed E-state index contributed by atoms with van der Waals surface area (Å²) in [5.41, 5.74) is 1.60. The van der Waals surface area contributed by atoms with Gasteiger partial charge in [-0.1, -0.05) is 45.4 Å². The van der Waals surface area contributed by atoms with Crippen molar-refractivity contribution in [3.05, 3.63) is 23.8 Å². The molecule has 0 spiro atoms. The number of carboxylic acid groups (broad SMARTS) is 1. The Bertz CT molecular complexity index is 572. The maximum absolute atomic E-state index is 11.6. The zero-order valence-corrected chi connectivity index (χ0v) is 15.1.